The molecule has 5 rings (SSSR count). The average Bonchev–Trinajstić information content (AvgIpc) is 3.13. The van der Waals surface area contributed by atoms with E-state index in [2.05, 4.69) is 4.98 Å². The van der Waals surface area contributed by atoms with Crippen LogP contribution >= 0.6 is 11.6 Å². The van der Waals surface area contributed by atoms with Gasteiger partial charge in [-0.15, -0.1) is 0 Å². The van der Waals surface area contributed by atoms with Crippen molar-refractivity contribution < 1.29 is 13.2 Å². The Morgan fingerprint density at radius 2 is 1.63 bits per heavy atom. The van der Waals surface area contributed by atoms with Crippen LogP contribution in [0, 0.1) is 0 Å². The predicted octanol–water partition coefficient (Wildman–Crippen LogP) is 6.91. The summed E-state index contributed by atoms with van der Waals surface area (Å²) < 4.78 is 41.3. The first-order valence-electron chi connectivity index (χ1n) is 9.12. The summed E-state index contributed by atoms with van der Waals surface area (Å²) in [5.41, 5.74) is 2.48. The van der Waals surface area contributed by atoms with Gasteiger partial charge in [0.25, 0.3) is 0 Å². The van der Waals surface area contributed by atoms with Gasteiger partial charge in [-0.05, 0) is 30.3 Å². The fourth-order valence-corrected chi connectivity index (χ4v) is 3.75. The lowest BCUT2D eigenvalue weighted by Crippen LogP contribution is -2.04. The smallest absolute Gasteiger partial charge is 0.255 e. The van der Waals surface area contributed by atoms with E-state index >= 15 is 0 Å². The van der Waals surface area contributed by atoms with Gasteiger partial charge in [-0.2, -0.15) is 18.3 Å². The van der Waals surface area contributed by atoms with Crippen molar-refractivity contribution >= 4 is 33.4 Å². The van der Waals surface area contributed by atoms with Gasteiger partial charge < -0.3 is 0 Å². The van der Waals surface area contributed by atoms with Crippen LogP contribution < -0.4 is 0 Å². The zero-order valence-electron chi connectivity index (χ0n) is 15.4. The Morgan fingerprint density at radius 3 is 2.37 bits per heavy atom. The minimum absolute atomic E-state index is 0.250. The zero-order valence-corrected chi connectivity index (χ0v) is 16.1. The topological polar surface area (TPSA) is 30.7 Å². The Bertz CT molecular complexity index is 1390. The molecule has 0 bridgehead atoms. The highest BCUT2D eigenvalue weighted by Gasteiger charge is 2.31. The lowest BCUT2D eigenvalue weighted by molar-refractivity contribution is -0.137. The fourth-order valence-electron chi connectivity index (χ4n) is 3.56. The summed E-state index contributed by atoms with van der Waals surface area (Å²) in [5.74, 6) is 0. The third-order valence-electron chi connectivity index (χ3n) is 4.93. The summed E-state index contributed by atoms with van der Waals surface area (Å²) in [6.45, 7) is 0. The first-order chi connectivity index (χ1) is 14.4. The molecule has 5 aromatic rings. The van der Waals surface area contributed by atoms with Gasteiger partial charge in [-0.25, -0.2) is 4.68 Å². The Labute approximate surface area is 174 Å². The summed E-state index contributed by atoms with van der Waals surface area (Å²) >= 11 is 6.18. The molecule has 30 heavy (non-hydrogen) atoms. The number of hydrogen-bond acceptors (Lipinski definition) is 2. The summed E-state index contributed by atoms with van der Waals surface area (Å²) in [4.78, 5) is 4.31. The van der Waals surface area contributed by atoms with Crippen LogP contribution in [0.1, 0.15) is 5.56 Å². The summed E-state index contributed by atoms with van der Waals surface area (Å²) in [5, 5.41) is 6.65. The first-order valence-corrected chi connectivity index (χ1v) is 9.50. The van der Waals surface area contributed by atoms with E-state index in [-0.39, 0.29) is 5.52 Å². The van der Waals surface area contributed by atoms with Crippen LogP contribution in [0.2, 0.25) is 5.02 Å². The van der Waals surface area contributed by atoms with E-state index in [0.717, 1.165) is 23.1 Å². The van der Waals surface area contributed by atoms with E-state index < -0.39 is 11.7 Å². The average molecular weight is 424 g/mol. The van der Waals surface area contributed by atoms with Crippen LogP contribution in [0.15, 0.2) is 79.0 Å². The number of alkyl halides is 3. The number of pyridine rings is 1. The van der Waals surface area contributed by atoms with E-state index in [4.69, 9.17) is 16.7 Å². The molecular formula is C23H13ClF3N3. The van der Waals surface area contributed by atoms with E-state index in [1.54, 1.807) is 29.1 Å². The van der Waals surface area contributed by atoms with Gasteiger partial charge in [0.2, 0.25) is 0 Å². The van der Waals surface area contributed by atoms with Crippen LogP contribution in [0.5, 0.6) is 0 Å². The molecule has 3 nitrogen and oxygen atoms in total. The normalized spacial score (nSPS) is 12.0. The highest BCUT2D eigenvalue weighted by molar-refractivity contribution is 6.30. The lowest BCUT2D eigenvalue weighted by atomic mass is 10.1. The Kier molecular flexibility index (Phi) is 4.25. The van der Waals surface area contributed by atoms with Gasteiger partial charge in [-0.1, -0.05) is 54.1 Å². The second-order valence-corrected chi connectivity index (χ2v) is 7.29. The molecule has 0 saturated heterocycles. The largest absolute Gasteiger partial charge is 0.416 e. The lowest BCUT2D eigenvalue weighted by Gasteiger charge is -2.09. The van der Waals surface area contributed by atoms with Crippen molar-refractivity contribution in [1.29, 1.82) is 0 Å². The van der Waals surface area contributed by atoms with Gasteiger partial charge in [0, 0.05) is 27.6 Å². The molecule has 0 aliphatic rings. The molecule has 7 heteroatoms. The monoisotopic (exact) mass is 423 g/mol. The summed E-state index contributed by atoms with van der Waals surface area (Å²) in [7, 11) is 0. The van der Waals surface area contributed by atoms with Gasteiger partial charge in [0.05, 0.1) is 22.3 Å². The van der Waals surface area contributed by atoms with Gasteiger partial charge in [-0.3, -0.25) is 4.98 Å². The molecule has 3 aromatic carbocycles. The number of hydrogen-bond donors (Lipinski definition) is 0. The molecular weight excluding hydrogens is 411 g/mol. The van der Waals surface area contributed by atoms with E-state index in [9.17, 15) is 13.2 Å². The quantitative estimate of drug-likeness (QED) is 0.309. The van der Waals surface area contributed by atoms with Crippen LogP contribution in [0.3, 0.4) is 0 Å². The van der Waals surface area contributed by atoms with Crippen LogP contribution in [0.4, 0.5) is 13.2 Å². The third kappa shape index (κ3) is 3.09. The highest BCUT2D eigenvalue weighted by atomic mass is 35.5. The number of benzene rings is 3. The van der Waals surface area contributed by atoms with Crippen LogP contribution in [-0.4, -0.2) is 14.8 Å². The van der Waals surface area contributed by atoms with Gasteiger partial charge in [0.15, 0.2) is 0 Å². The summed E-state index contributed by atoms with van der Waals surface area (Å²) in [6.07, 6.45) is -2.86. The molecule has 0 aliphatic heterocycles. The fraction of sp³-hybridized carbons (Fsp3) is 0.0435. The predicted molar refractivity (Wildman–Crippen MR) is 112 cm³/mol. The number of aromatic nitrogens is 3. The maximum atomic E-state index is 13.2. The van der Waals surface area contributed by atoms with Crippen molar-refractivity contribution in [3.05, 3.63) is 89.6 Å². The Morgan fingerprint density at radius 1 is 0.833 bits per heavy atom. The Balaban J connectivity index is 1.87. The van der Waals surface area contributed by atoms with Crippen molar-refractivity contribution in [2.75, 3.05) is 0 Å². The maximum Gasteiger partial charge on any atom is 0.416 e. The van der Waals surface area contributed by atoms with Gasteiger partial charge in [0.1, 0.15) is 5.69 Å². The molecule has 0 aliphatic carbocycles. The van der Waals surface area contributed by atoms with Crippen LogP contribution in [0.25, 0.3) is 38.8 Å². The number of rotatable bonds is 2. The highest BCUT2D eigenvalue weighted by Crippen LogP contribution is 2.36. The number of nitrogens with zero attached hydrogens (tertiary/aromatic N) is 3. The Hall–Kier alpha value is -3.38. The minimum atomic E-state index is -4.44. The molecule has 0 spiro atoms. The molecule has 0 saturated carbocycles. The molecule has 0 unspecified atom stereocenters. The molecule has 148 valence electrons. The molecule has 2 heterocycles. The molecule has 0 radical (unpaired) electrons. The van der Waals surface area contributed by atoms with Crippen molar-refractivity contribution in [1.82, 2.24) is 14.8 Å². The molecule has 0 atom stereocenters. The SMILES string of the molecule is FC(F)(F)c1ccc2c(c1)ncc1c(-c3ccccc3)nn(-c3cccc(Cl)c3)c12. The molecule has 0 amide bonds. The maximum absolute atomic E-state index is 13.2. The molecule has 2 aromatic heterocycles. The summed E-state index contributed by atoms with van der Waals surface area (Å²) in [6, 6.07) is 20.3. The minimum Gasteiger partial charge on any atom is -0.255 e. The van der Waals surface area contributed by atoms with Crippen molar-refractivity contribution in [2.24, 2.45) is 0 Å². The van der Waals surface area contributed by atoms with E-state index in [0.29, 0.717) is 27.3 Å². The van der Waals surface area contributed by atoms with Crippen LogP contribution in [-0.2, 0) is 6.18 Å². The van der Waals surface area contributed by atoms with Crippen molar-refractivity contribution in [2.45, 2.75) is 6.18 Å². The zero-order chi connectivity index (χ0) is 20.9. The standard InChI is InChI=1S/C23H13ClF3N3/c24-16-7-4-8-17(12-16)30-22-18-10-9-15(23(25,26)27)11-20(18)28-13-19(22)21(29-30)14-5-2-1-3-6-14/h1-13H. The second kappa shape index (κ2) is 6.85. The second-order valence-electron chi connectivity index (χ2n) is 6.86. The van der Waals surface area contributed by atoms with E-state index in [1.165, 1.54) is 6.07 Å². The van der Waals surface area contributed by atoms with Crippen molar-refractivity contribution in [3.8, 4) is 16.9 Å². The number of halogens is 4. The molecule has 0 N–H and O–H groups in total. The molecule has 0 fully saturated rings. The van der Waals surface area contributed by atoms with Crippen molar-refractivity contribution in [3.63, 3.8) is 0 Å². The van der Waals surface area contributed by atoms with Gasteiger partial charge >= 0.3 is 6.18 Å². The first kappa shape index (κ1) is 18.6. The third-order valence-corrected chi connectivity index (χ3v) is 5.17. The number of fused-ring (bicyclic) bond motifs is 3. The van der Waals surface area contributed by atoms with E-state index in [1.807, 2.05) is 36.4 Å².